The van der Waals surface area contributed by atoms with Crippen molar-refractivity contribution in [2.75, 3.05) is 26.2 Å². The van der Waals surface area contributed by atoms with Gasteiger partial charge < -0.3 is 9.64 Å². The molecular weight excluding hydrogens is 442 g/mol. The molecule has 1 aromatic carbocycles. The molecule has 2 heterocycles. The summed E-state index contributed by atoms with van der Waals surface area (Å²) in [7, 11) is 0. The predicted molar refractivity (Wildman–Crippen MR) is 102 cm³/mol. The third-order valence-corrected chi connectivity index (χ3v) is 5.01. The van der Waals surface area contributed by atoms with Crippen molar-refractivity contribution >= 4 is 5.91 Å². The van der Waals surface area contributed by atoms with E-state index in [-0.39, 0.29) is 18.8 Å². The van der Waals surface area contributed by atoms with Crippen molar-refractivity contribution in [3.05, 3.63) is 47.3 Å². The Labute approximate surface area is 180 Å². The van der Waals surface area contributed by atoms with Crippen molar-refractivity contribution in [2.24, 2.45) is 0 Å². The molecule has 3 rings (SSSR count). The zero-order chi connectivity index (χ0) is 23.7. The van der Waals surface area contributed by atoms with E-state index in [1.807, 2.05) is 4.90 Å². The summed E-state index contributed by atoms with van der Waals surface area (Å²) in [6, 6.07) is 4.89. The zero-order valence-corrected chi connectivity index (χ0v) is 17.4. The van der Waals surface area contributed by atoms with Gasteiger partial charge in [-0.05, 0) is 31.5 Å². The fourth-order valence-corrected chi connectivity index (χ4v) is 3.53. The van der Waals surface area contributed by atoms with Gasteiger partial charge in [0.05, 0.1) is 11.8 Å². The molecular formula is C20H22F6N4O2. The molecule has 0 saturated carbocycles. The number of rotatable bonds is 5. The van der Waals surface area contributed by atoms with Crippen LogP contribution in [0, 0.1) is 0 Å². The molecule has 6 nitrogen and oxygen atoms in total. The molecule has 1 aromatic heterocycles. The number of ether oxygens (including phenoxy) is 1. The Morgan fingerprint density at radius 1 is 1.03 bits per heavy atom. The van der Waals surface area contributed by atoms with Crippen LogP contribution in [0.2, 0.25) is 0 Å². The summed E-state index contributed by atoms with van der Waals surface area (Å²) in [5, 5.41) is 3.76. The van der Waals surface area contributed by atoms with E-state index in [4.69, 9.17) is 0 Å². The molecule has 0 spiro atoms. The number of nitrogens with zero attached hydrogens (tertiary/aromatic N) is 4. The van der Waals surface area contributed by atoms with E-state index in [0.29, 0.717) is 19.6 Å². The van der Waals surface area contributed by atoms with Gasteiger partial charge in [0, 0.05) is 38.8 Å². The standard InChI is InChI=1S/C20H22F6N4O2/c1-13(2)30-17(19(21,22)23)16(11-27-30)18(31)29-9-7-28(8-10-29)12-14-3-5-15(6-4-14)32-20(24,25)26/h3-6,11,13H,7-10,12H2,1-2H3. The number of hydrogen-bond donors (Lipinski definition) is 0. The SMILES string of the molecule is CC(C)n1ncc(C(=O)N2CCN(Cc3ccc(OC(F)(F)F)cc3)CC2)c1C(F)(F)F. The summed E-state index contributed by atoms with van der Waals surface area (Å²) < 4.78 is 82.0. The molecule has 176 valence electrons. The maximum Gasteiger partial charge on any atom is 0.573 e. The second-order valence-corrected chi connectivity index (χ2v) is 7.70. The van der Waals surface area contributed by atoms with Crippen LogP contribution in [0.4, 0.5) is 26.3 Å². The first-order valence-electron chi connectivity index (χ1n) is 9.86. The monoisotopic (exact) mass is 464 g/mol. The van der Waals surface area contributed by atoms with Gasteiger partial charge in [0.2, 0.25) is 0 Å². The number of carbonyl (C=O) groups excluding carboxylic acids is 1. The highest BCUT2D eigenvalue weighted by molar-refractivity contribution is 5.95. The average Bonchev–Trinajstić information content (AvgIpc) is 3.14. The molecule has 1 aliphatic heterocycles. The molecule has 0 N–H and O–H groups in total. The van der Waals surface area contributed by atoms with Crippen molar-refractivity contribution in [1.82, 2.24) is 19.6 Å². The number of carbonyl (C=O) groups is 1. The highest BCUT2D eigenvalue weighted by Gasteiger charge is 2.41. The number of halogens is 6. The summed E-state index contributed by atoms with van der Waals surface area (Å²) in [5.74, 6) is -1.04. The van der Waals surface area contributed by atoms with E-state index >= 15 is 0 Å². The molecule has 0 atom stereocenters. The van der Waals surface area contributed by atoms with E-state index in [1.54, 1.807) is 13.8 Å². The van der Waals surface area contributed by atoms with Gasteiger partial charge in [0.1, 0.15) is 5.75 Å². The number of benzene rings is 1. The van der Waals surface area contributed by atoms with Crippen molar-refractivity contribution < 1.29 is 35.9 Å². The van der Waals surface area contributed by atoms with Crippen LogP contribution in [0.1, 0.15) is 41.5 Å². The third-order valence-electron chi connectivity index (χ3n) is 5.01. The molecule has 1 aliphatic rings. The average molecular weight is 464 g/mol. The molecule has 0 aliphatic carbocycles. The van der Waals surface area contributed by atoms with E-state index in [2.05, 4.69) is 9.84 Å². The number of alkyl halides is 6. The van der Waals surface area contributed by atoms with Crippen LogP contribution in [0.5, 0.6) is 5.75 Å². The largest absolute Gasteiger partial charge is 0.573 e. The van der Waals surface area contributed by atoms with Crippen LogP contribution in [0.3, 0.4) is 0 Å². The molecule has 1 saturated heterocycles. The van der Waals surface area contributed by atoms with Crippen LogP contribution in [0.15, 0.2) is 30.5 Å². The second kappa shape index (κ2) is 9.00. The number of aromatic nitrogens is 2. The lowest BCUT2D eigenvalue weighted by Crippen LogP contribution is -2.48. The Morgan fingerprint density at radius 3 is 2.12 bits per heavy atom. The molecule has 1 fully saturated rings. The Morgan fingerprint density at radius 2 is 1.62 bits per heavy atom. The normalized spacial score (nSPS) is 16.0. The van der Waals surface area contributed by atoms with Gasteiger partial charge in [-0.2, -0.15) is 18.3 Å². The van der Waals surface area contributed by atoms with Crippen molar-refractivity contribution in [3.63, 3.8) is 0 Å². The van der Waals surface area contributed by atoms with Gasteiger partial charge in [0.25, 0.3) is 5.91 Å². The Kier molecular flexibility index (Phi) is 6.72. The zero-order valence-electron chi connectivity index (χ0n) is 17.4. The predicted octanol–water partition coefficient (Wildman–Crippen LogP) is 4.34. The smallest absolute Gasteiger partial charge is 0.406 e. The summed E-state index contributed by atoms with van der Waals surface area (Å²) >= 11 is 0. The first-order chi connectivity index (χ1) is 14.8. The Balaban J connectivity index is 1.61. The topological polar surface area (TPSA) is 50.6 Å². The van der Waals surface area contributed by atoms with Crippen LogP contribution in [0.25, 0.3) is 0 Å². The minimum absolute atomic E-state index is 0.220. The first kappa shape index (κ1) is 23.9. The lowest BCUT2D eigenvalue weighted by Gasteiger charge is -2.34. The Bertz CT molecular complexity index is 929. The number of hydrogen-bond acceptors (Lipinski definition) is 4. The summed E-state index contributed by atoms with van der Waals surface area (Å²) in [6.07, 6.45) is -8.51. The van der Waals surface area contributed by atoms with Crippen LogP contribution in [-0.4, -0.2) is 58.0 Å². The molecule has 12 heteroatoms. The molecule has 1 amide bonds. The minimum atomic E-state index is -4.76. The molecule has 32 heavy (non-hydrogen) atoms. The summed E-state index contributed by atoms with van der Waals surface area (Å²) in [6.45, 7) is 4.79. The summed E-state index contributed by atoms with van der Waals surface area (Å²) in [5.41, 5.74) is -0.780. The summed E-state index contributed by atoms with van der Waals surface area (Å²) in [4.78, 5) is 16.1. The van der Waals surface area contributed by atoms with Crippen LogP contribution >= 0.6 is 0 Å². The molecule has 2 aromatic rings. The highest BCUT2D eigenvalue weighted by atomic mass is 19.4. The van der Waals surface area contributed by atoms with Crippen LogP contribution < -0.4 is 4.74 Å². The van der Waals surface area contributed by atoms with Crippen molar-refractivity contribution in [2.45, 2.75) is 39.0 Å². The lowest BCUT2D eigenvalue weighted by molar-refractivity contribution is -0.274. The maximum absolute atomic E-state index is 13.5. The number of piperazine rings is 1. The quantitative estimate of drug-likeness (QED) is 0.618. The second-order valence-electron chi connectivity index (χ2n) is 7.70. The van der Waals surface area contributed by atoms with Gasteiger partial charge in [-0.3, -0.25) is 14.4 Å². The highest BCUT2D eigenvalue weighted by Crippen LogP contribution is 2.34. The van der Waals surface area contributed by atoms with E-state index < -0.39 is 35.7 Å². The number of amides is 1. The molecule has 0 radical (unpaired) electrons. The van der Waals surface area contributed by atoms with Crippen LogP contribution in [-0.2, 0) is 12.7 Å². The van der Waals surface area contributed by atoms with Gasteiger partial charge in [-0.1, -0.05) is 12.1 Å². The minimum Gasteiger partial charge on any atom is -0.406 e. The van der Waals surface area contributed by atoms with E-state index in [1.165, 1.54) is 29.2 Å². The first-order valence-corrected chi connectivity index (χ1v) is 9.86. The van der Waals surface area contributed by atoms with Gasteiger partial charge in [-0.15, -0.1) is 13.2 Å². The van der Waals surface area contributed by atoms with Crippen molar-refractivity contribution in [1.29, 1.82) is 0 Å². The Hall–Kier alpha value is -2.76. The molecule has 0 unspecified atom stereocenters. The van der Waals surface area contributed by atoms with Gasteiger partial charge in [-0.25, -0.2) is 0 Å². The van der Waals surface area contributed by atoms with Gasteiger partial charge >= 0.3 is 12.5 Å². The van der Waals surface area contributed by atoms with E-state index in [9.17, 15) is 31.1 Å². The van der Waals surface area contributed by atoms with E-state index in [0.717, 1.165) is 16.4 Å². The maximum atomic E-state index is 13.5. The lowest BCUT2D eigenvalue weighted by atomic mass is 10.1. The van der Waals surface area contributed by atoms with Crippen molar-refractivity contribution in [3.8, 4) is 5.75 Å². The molecule has 0 bridgehead atoms. The van der Waals surface area contributed by atoms with Gasteiger partial charge in [0.15, 0.2) is 5.69 Å². The fraction of sp³-hybridized carbons (Fsp3) is 0.500. The fourth-order valence-electron chi connectivity index (χ4n) is 3.53. The third kappa shape index (κ3) is 5.72.